The van der Waals surface area contributed by atoms with E-state index in [4.69, 9.17) is 11.6 Å². The molecule has 17 heavy (non-hydrogen) atoms. The maximum atomic E-state index is 5.91. The van der Waals surface area contributed by atoms with Crippen LogP contribution in [0.5, 0.6) is 0 Å². The Morgan fingerprint density at radius 1 is 1.24 bits per heavy atom. The number of hydrogen-bond donors (Lipinski definition) is 0. The average molecular weight is 248 g/mol. The molecular weight excluding hydrogens is 238 g/mol. The van der Waals surface area contributed by atoms with Gasteiger partial charge in [0.25, 0.3) is 0 Å². The van der Waals surface area contributed by atoms with Crippen molar-refractivity contribution >= 4 is 28.2 Å². The van der Waals surface area contributed by atoms with Crippen molar-refractivity contribution in [3.63, 3.8) is 0 Å². The molecule has 1 aromatic carbocycles. The number of aromatic nitrogens is 5. The fraction of sp³-hybridized carbons (Fsp3) is 0.273. The van der Waals surface area contributed by atoms with Gasteiger partial charge in [0.05, 0.1) is 5.52 Å². The third-order valence-electron chi connectivity index (χ3n) is 2.62. The third-order valence-corrected chi connectivity index (χ3v) is 2.86. The first-order chi connectivity index (χ1) is 8.29. The maximum absolute atomic E-state index is 5.91. The molecule has 0 atom stereocenters. The highest BCUT2D eigenvalue weighted by Crippen LogP contribution is 2.20. The topological polar surface area (TPSA) is 56.0 Å². The molecule has 3 aromatic rings. The second kappa shape index (κ2) is 3.92. The fourth-order valence-corrected chi connectivity index (χ4v) is 1.99. The number of benzene rings is 1. The van der Waals surface area contributed by atoms with Gasteiger partial charge in [-0.1, -0.05) is 23.7 Å². The summed E-state index contributed by atoms with van der Waals surface area (Å²) in [7, 11) is 0. The summed E-state index contributed by atoms with van der Waals surface area (Å²) in [5.74, 6) is 0.840. The van der Waals surface area contributed by atoms with E-state index in [-0.39, 0.29) is 0 Å². The zero-order valence-electron chi connectivity index (χ0n) is 9.26. The first kappa shape index (κ1) is 10.4. The van der Waals surface area contributed by atoms with Crippen LogP contribution in [-0.2, 0) is 6.42 Å². The molecule has 0 bridgehead atoms. The Kier molecular flexibility index (Phi) is 2.40. The zero-order valence-corrected chi connectivity index (χ0v) is 10.0. The van der Waals surface area contributed by atoms with Crippen LogP contribution in [0, 0.1) is 0 Å². The minimum Gasteiger partial charge on any atom is -0.178 e. The Bertz CT molecular complexity index is 691. The molecule has 0 unspecified atom stereocenters. The lowest BCUT2D eigenvalue weighted by Crippen LogP contribution is -2.01. The molecule has 0 aliphatic carbocycles. The second-order valence-corrected chi connectivity index (χ2v) is 4.29. The van der Waals surface area contributed by atoms with Crippen molar-refractivity contribution in [2.75, 3.05) is 0 Å². The van der Waals surface area contributed by atoms with Gasteiger partial charge in [0, 0.05) is 16.8 Å². The van der Waals surface area contributed by atoms with Crippen LogP contribution in [0.2, 0.25) is 5.02 Å². The minimum atomic E-state index is 0.643. The molecule has 6 heteroatoms. The SMILES string of the molecule is CCCc1nnc2c3ccc(Cl)cc3nnn12. The van der Waals surface area contributed by atoms with Gasteiger partial charge in [-0.3, -0.25) is 0 Å². The quantitative estimate of drug-likeness (QED) is 0.697. The van der Waals surface area contributed by atoms with E-state index in [9.17, 15) is 0 Å². The van der Waals surface area contributed by atoms with E-state index in [2.05, 4.69) is 27.4 Å². The van der Waals surface area contributed by atoms with Crippen LogP contribution in [0.25, 0.3) is 16.6 Å². The molecule has 0 spiro atoms. The highest BCUT2D eigenvalue weighted by atomic mass is 35.5. The standard InChI is InChI=1S/C11H10ClN5/c1-2-3-10-14-15-11-8-5-4-7(12)6-9(8)13-16-17(10)11/h4-6H,2-3H2,1H3. The molecule has 0 N–H and O–H groups in total. The first-order valence-electron chi connectivity index (χ1n) is 5.46. The lowest BCUT2D eigenvalue weighted by molar-refractivity contribution is 0.733. The molecule has 0 radical (unpaired) electrons. The van der Waals surface area contributed by atoms with Gasteiger partial charge >= 0.3 is 0 Å². The molecule has 0 saturated carbocycles. The lowest BCUT2D eigenvalue weighted by Gasteiger charge is -1.99. The van der Waals surface area contributed by atoms with E-state index in [1.807, 2.05) is 12.1 Å². The van der Waals surface area contributed by atoms with Crippen LogP contribution in [-0.4, -0.2) is 25.0 Å². The predicted molar refractivity (Wildman–Crippen MR) is 65.1 cm³/mol. The van der Waals surface area contributed by atoms with Crippen LogP contribution >= 0.6 is 11.6 Å². The van der Waals surface area contributed by atoms with E-state index >= 15 is 0 Å². The number of aryl methyl sites for hydroxylation is 1. The molecule has 0 aliphatic heterocycles. The summed E-state index contributed by atoms with van der Waals surface area (Å²) in [5, 5.41) is 18.1. The average Bonchev–Trinajstić information content (AvgIpc) is 2.73. The molecule has 2 heterocycles. The van der Waals surface area contributed by atoms with Crippen LogP contribution in [0.4, 0.5) is 0 Å². The fourth-order valence-electron chi connectivity index (χ4n) is 1.82. The Morgan fingerprint density at radius 3 is 2.94 bits per heavy atom. The van der Waals surface area contributed by atoms with E-state index in [1.165, 1.54) is 0 Å². The predicted octanol–water partition coefficient (Wildman–Crippen LogP) is 2.28. The number of nitrogens with zero attached hydrogens (tertiary/aromatic N) is 5. The van der Waals surface area contributed by atoms with E-state index in [0.29, 0.717) is 5.02 Å². The van der Waals surface area contributed by atoms with Crippen LogP contribution in [0.1, 0.15) is 19.2 Å². The zero-order chi connectivity index (χ0) is 11.8. The first-order valence-corrected chi connectivity index (χ1v) is 5.83. The van der Waals surface area contributed by atoms with E-state index in [1.54, 1.807) is 10.6 Å². The number of fused-ring (bicyclic) bond motifs is 3. The summed E-state index contributed by atoms with van der Waals surface area (Å²) in [6, 6.07) is 5.49. The molecule has 0 fully saturated rings. The largest absolute Gasteiger partial charge is 0.189 e. The van der Waals surface area contributed by atoms with Gasteiger partial charge in [-0.25, -0.2) is 0 Å². The highest BCUT2D eigenvalue weighted by molar-refractivity contribution is 6.31. The number of hydrogen-bond acceptors (Lipinski definition) is 4. The van der Waals surface area contributed by atoms with Crippen molar-refractivity contribution in [1.82, 2.24) is 25.0 Å². The summed E-state index contributed by atoms with van der Waals surface area (Å²) in [5.41, 5.74) is 1.47. The lowest BCUT2D eigenvalue weighted by atomic mass is 10.2. The Hall–Kier alpha value is -1.75. The van der Waals surface area contributed by atoms with Gasteiger partial charge in [0.15, 0.2) is 11.5 Å². The Labute approximate surface area is 102 Å². The van der Waals surface area contributed by atoms with Crippen molar-refractivity contribution in [3.8, 4) is 0 Å². The van der Waals surface area contributed by atoms with Gasteiger partial charge < -0.3 is 0 Å². The van der Waals surface area contributed by atoms with Crippen LogP contribution in [0.3, 0.4) is 0 Å². The normalized spacial score (nSPS) is 11.4. The second-order valence-electron chi connectivity index (χ2n) is 3.85. The maximum Gasteiger partial charge on any atom is 0.189 e. The molecule has 5 nitrogen and oxygen atoms in total. The smallest absolute Gasteiger partial charge is 0.178 e. The summed E-state index contributed by atoms with van der Waals surface area (Å²) in [4.78, 5) is 0. The Morgan fingerprint density at radius 2 is 2.12 bits per heavy atom. The number of halogens is 1. The molecule has 0 amide bonds. The van der Waals surface area contributed by atoms with Crippen molar-refractivity contribution in [3.05, 3.63) is 29.0 Å². The van der Waals surface area contributed by atoms with Gasteiger partial charge in [-0.15, -0.1) is 15.3 Å². The van der Waals surface area contributed by atoms with E-state index in [0.717, 1.165) is 35.2 Å². The van der Waals surface area contributed by atoms with Crippen molar-refractivity contribution in [2.45, 2.75) is 19.8 Å². The summed E-state index contributed by atoms with van der Waals surface area (Å²) >= 11 is 5.91. The van der Waals surface area contributed by atoms with Gasteiger partial charge in [0.1, 0.15) is 0 Å². The molecule has 0 aliphatic rings. The minimum absolute atomic E-state index is 0.643. The molecule has 86 valence electrons. The van der Waals surface area contributed by atoms with Crippen molar-refractivity contribution in [2.24, 2.45) is 0 Å². The Balaban J connectivity index is 2.33. The van der Waals surface area contributed by atoms with Gasteiger partial charge in [-0.2, -0.15) is 4.52 Å². The van der Waals surface area contributed by atoms with Crippen LogP contribution in [0.15, 0.2) is 18.2 Å². The molecule has 0 saturated heterocycles. The van der Waals surface area contributed by atoms with Crippen molar-refractivity contribution < 1.29 is 0 Å². The van der Waals surface area contributed by atoms with E-state index < -0.39 is 0 Å². The molecular formula is C11H10ClN5. The summed E-state index contributed by atoms with van der Waals surface area (Å²) in [6.07, 6.45) is 1.84. The monoisotopic (exact) mass is 247 g/mol. The highest BCUT2D eigenvalue weighted by Gasteiger charge is 2.10. The number of rotatable bonds is 2. The van der Waals surface area contributed by atoms with Gasteiger partial charge in [-0.05, 0) is 24.6 Å². The van der Waals surface area contributed by atoms with Crippen molar-refractivity contribution in [1.29, 1.82) is 0 Å². The van der Waals surface area contributed by atoms with Crippen LogP contribution < -0.4 is 0 Å². The summed E-state index contributed by atoms with van der Waals surface area (Å²) in [6.45, 7) is 2.09. The van der Waals surface area contributed by atoms with Gasteiger partial charge in [0.2, 0.25) is 0 Å². The molecule has 3 rings (SSSR count). The summed E-state index contributed by atoms with van der Waals surface area (Å²) < 4.78 is 1.69. The molecule has 2 aromatic heterocycles. The third kappa shape index (κ3) is 1.63.